The number of carbonyl (C=O) groups is 1. The Morgan fingerprint density at radius 1 is 1.30 bits per heavy atom. The number of nitrogens with one attached hydrogen (secondary N) is 2. The van der Waals surface area contributed by atoms with Gasteiger partial charge in [-0.1, -0.05) is 18.2 Å². The van der Waals surface area contributed by atoms with Gasteiger partial charge in [-0.15, -0.1) is 0 Å². The molecule has 0 unspecified atom stereocenters. The summed E-state index contributed by atoms with van der Waals surface area (Å²) in [6, 6.07) is 6.45. The normalized spacial score (nSPS) is 14.9. The van der Waals surface area contributed by atoms with Gasteiger partial charge in [0.1, 0.15) is 0 Å². The second-order valence-electron chi connectivity index (χ2n) is 6.31. The van der Waals surface area contributed by atoms with Crippen LogP contribution in [0.4, 0.5) is 4.79 Å². The Bertz CT molecular complexity index is 692. The van der Waals surface area contributed by atoms with E-state index in [4.69, 9.17) is 0 Å². The van der Waals surface area contributed by atoms with E-state index >= 15 is 0 Å². The lowest BCUT2D eigenvalue weighted by Gasteiger charge is -2.20. The maximum atomic E-state index is 12.0. The average Bonchev–Trinajstić information content (AvgIpc) is 2.98. The second-order valence-corrected chi connectivity index (χ2v) is 6.31. The van der Waals surface area contributed by atoms with E-state index in [1.165, 1.54) is 36.0 Å². The van der Waals surface area contributed by atoms with Gasteiger partial charge in [0.2, 0.25) is 0 Å². The molecule has 23 heavy (non-hydrogen) atoms. The molecule has 0 radical (unpaired) electrons. The second kappa shape index (κ2) is 6.86. The number of hydrogen-bond acceptors (Lipinski definition) is 2. The van der Waals surface area contributed by atoms with Crippen molar-refractivity contribution < 1.29 is 4.79 Å². The molecule has 2 aromatic rings. The summed E-state index contributed by atoms with van der Waals surface area (Å²) in [6.45, 7) is 2.50. The van der Waals surface area contributed by atoms with E-state index in [1.807, 2.05) is 20.2 Å². The molecule has 1 aliphatic carbocycles. The molecule has 2 amide bonds. The number of hydrogen-bond donors (Lipinski definition) is 2. The topological polar surface area (TPSA) is 59.0 Å². The van der Waals surface area contributed by atoms with Crippen molar-refractivity contribution in [2.75, 3.05) is 0 Å². The molecule has 0 fully saturated rings. The van der Waals surface area contributed by atoms with Crippen molar-refractivity contribution in [3.63, 3.8) is 0 Å². The number of nitrogens with zero attached hydrogens (tertiary/aromatic N) is 2. The zero-order valence-electron chi connectivity index (χ0n) is 13.8. The fourth-order valence-corrected chi connectivity index (χ4v) is 3.10. The Morgan fingerprint density at radius 3 is 2.83 bits per heavy atom. The van der Waals surface area contributed by atoms with Crippen LogP contribution in [0, 0.1) is 0 Å². The molecule has 2 N–H and O–H groups in total. The van der Waals surface area contributed by atoms with Gasteiger partial charge in [-0.25, -0.2) is 4.79 Å². The molecule has 1 heterocycles. The molecule has 1 atom stereocenters. The van der Waals surface area contributed by atoms with Crippen molar-refractivity contribution >= 4 is 6.03 Å². The lowest BCUT2D eigenvalue weighted by molar-refractivity contribution is 0.237. The van der Waals surface area contributed by atoms with Gasteiger partial charge >= 0.3 is 6.03 Å². The van der Waals surface area contributed by atoms with E-state index < -0.39 is 0 Å². The maximum Gasteiger partial charge on any atom is 0.315 e. The largest absolute Gasteiger partial charge is 0.334 e. The van der Waals surface area contributed by atoms with Crippen LogP contribution in [0.3, 0.4) is 0 Å². The molecule has 1 aromatic carbocycles. The van der Waals surface area contributed by atoms with Gasteiger partial charge in [-0.3, -0.25) is 4.68 Å². The average molecular weight is 312 g/mol. The van der Waals surface area contributed by atoms with Crippen LogP contribution in [0.5, 0.6) is 0 Å². The fraction of sp³-hybridized carbons (Fsp3) is 0.444. The van der Waals surface area contributed by atoms with Crippen LogP contribution in [0.15, 0.2) is 30.6 Å². The summed E-state index contributed by atoms with van der Waals surface area (Å²) < 4.78 is 1.73. The highest BCUT2D eigenvalue weighted by Gasteiger charge is 2.14. The van der Waals surface area contributed by atoms with Gasteiger partial charge in [0.05, 0.1) is 12.2 Å². The number of aromatic nitrogens is 2. The molecule has 1 aromatic heterocycles. The van der Waals surface area contributed by atoms with E-state index in [9.17, 15) is 4.79 Å². The Kier molecular flexibility index (Phi) is 4.65. The van der Waals surface area contributed by atoms with E-state index in [-0.39, 0.29) is 12.1 Å². The molecule has 0 spiro atoms. The summed E-state index contributed by atoms with van der Waals surface area (Å²) in [5, 5.41) is 9.96. The minimum Gasteiger partial charge on any atom is -0.334 e. The number of aryl methyl sites for hydroxylation is 3. The standard InChI is InChI=1S/C18H24N4O/c1-13(16-8-7-15-5-3-4-6-17(15)9-16)21-18(23)19-10-14-11-20-22(2)12-14/h7-9,11-13H,3-6,10H2,1-2H3,(H2,19,21,23)/t13-/m0/s1. The number of amides is 2. The lowest BCUT2D eigenvalue weighted by atomic mass is 9.89. The molecule has 0 saturated heterocycles. The minimum atomic E-state index is -0.154. The van der Waals surface area contributed by atoms with Crippen molar-refractivity contribution in [2.24, 2.45) is 7.05 Å². The van der Waals surface area contributed by atoms with Crippen molar-refractivity contribution in [2.45, 2.75) is 45.2 Å². The van der Waals surface area contributed by atoms with Crippen LogP contribution >= 0.6 is 0 Å². The first-order valence-electron chi connectivity index (χ1n) is 8.25. The van der Waals surface area contributed by atoms with Gasteiger partial charge in [-0.2, -0.15) is 5.10 Å². The Morgan fingerprint density at radius 2 is 2.09 bits per heavy atom. The van der Waals surface area contributed by atoms with Gasteiger partial charge in [0.25, 0.3) is 0 Å². The van der Waals surface area contributed by atoms with E-state index in [1.54, 1.807) is 10.9 Å². The number of urea groups is 1. The lowest BCUT2D eigenvalue weighted by Crippen LogP contribution is -2.36. The third kappa shape index (κ3) is 3.92. The van der Waals surface area contributed by atoms with Crippen LogP contribution in [0.25, 0.3) is 0 Å². The maximum absolute atomic E-state index is 12.0. The predicted molar refractivity (Wildman–Crippen MR) is 90.1 cm³/mol. The van der Waals surface area contributed by atoms with Crippen LogP contribution in [0.1, 0.15) is 48.1 Å². The summed E-state index contributed by atoms with van der Waals surface area (Å²) >= 11 is 0. The van der Waals surface area contributed by atoms with Crippen LogP contribution < -0.4 is 10.6 Å². The van der Waals surface area contributed by atoms with Crippen molar-refractivity contribution in [3.8, 4) is 0 Å². The van der Waals surface area contributed by atoms with E-state index in [2.05, 4.69) is 33.9 Å². The number of fused-ring (bicyclic) bond motifs is 1. The molecular formula is C18H24N4O. The van der Waals surface area contributed by atoms with Gasteiger partial charge < -0.3 is 10.6 Å². The predicted octanol–water partition coefficient (Wildman–Crippen LogP) is 2.86. The molecule has 0 bridgehead atoms. The highest BCUT2D eigenvalue weighted by molar-refractivity contribution is 5.74. The molecule has 0 saturated carbocycles. The Labute approximate surface area is 137 Å². The molecule has 122 valence electrons. The van der Waals surface area contributed by atoms with Gasteiger partial charge in [-0.05, 0) is 49.3 Å². The number of carbonyl (C=O) groups excluding carboxylic acids is 1. The third-order valence-corrected chi connectivity index (χ3v) is 4.43. The Balaban J connectivity index is 1.55. The van der Waals surface area contributed by atoms with Crippen molar-refractivity contribution in [1.29, 1.82) is 0 Å². The quantitative estimate of drug-likeness (QED) is 0.912. The monoisotopic (exact) mass is 312 g/mol. The first-order chi connectivity index (χ1) is 11.1. The SMILES string of the molecule is C[C@H](NC(=O)NCc1cnn(C)c1)c1ccc2c(c1)CCCC2. The van der Waals surface area contributed by atoms with Crippen molar-refractivity contribution in [1.82, 2.24) is 20.4 Å². The van der Waals surface area contributed by atoms with Crippen LogP contribution in [-0.4, -0.2) is 15.8 Å². The summed E-state index contributed by atoms with van der Waals surface area (Å²) in [5.41, 5.74) is 5.07. The number of rotatable bonds is 4. The zero-order chi connectivity index (χ0) is 16.2. The van der Waals surface area contributed by atoms with Gasteiger partial charge in [0, 0.05) is 25.4 Å². The first kappa shape index (κ1) is 15.6. The molecule has 0 aliphatic heterocycles. The highest BCUT2D eigenvalue weighted by atomic mass is 16.2. The number of benzene rings is 1. The third-order valence-electron chi connectivity index (χ3n) is 4.43. The summed E-state index contributed by atoms with van der Waals surface area (Å²) in [7, 11) is 1.86. The molecule has 1 aliphatic rings. The van der Waals surface area contributed by atoms with Crippen LogP contribution in [0.2, 0.25) is 0 Å². The summed E-state index contributed by atoms with van der Waals surface area (Å²) in [4.78, 5) is 12.0. The first-order valence-corrected chi connectivity index (χ1v) is 8.25. The van der Waals surface area contributed by atoms with Crippen molar-refractivity contribution in [3.05, 3.63) is 52.8 Å². The smallest absolute Gasteiger partial charge is 0.315 e. The van der Waals surface area contributed by atoms with Gasteiger partial charge in [0.15, 0.2) is 0 Å². The summed E-state index contributed by atoms with van der Waals surface area (Å²) in [5.74, 6) is 0. The van der Waals surface area contributed by atoms with Crippen LogP contribution in [-0.2, 0) is 26.4 Å². The minimum absolute atomic E-state index is 0.00359. The molecule has 5 heteroatoms. The molecule has 5 nitrogen and oxygen atoms in total. The molecular weight excluding hydrogens is 288 g/mol. The van der Waals surface area contributed by atoms with E-state index in [0.29, 0.717) is 6.54 Å². The Hall–Kier alpha value is -2.30. The molecule has 3 rings (SSSR count). The fourth-order valence-electron chi connectivity index (χ4n) is 3.10. The summed E-state index contributed by atoms with van der Waals surface area (Å²) in [6.07, 6.45) is 8.55. The van der Waals surface area contributed by atoms with E-state index in [0.717, 1.165) is 12.0 Å². The zero-order valence-corrected chi connectivity index (χ0v) is 13.8. The highest BCUT2D eigenvalue weighted by Crippen LogP contribution is 2.24.